The van der Waals surface area contributed by atoms with Crippen molar-refractivity contribution in [2.45, 2.75) is 39.7 Å². The molecule has 28 heavy (non-hydrogen) atoms. The number of ether oxygens (including phenoxy) is 2. The molecule has 5 nitrogen and oxygen atoms in total. The third-order valence-corrected chi connectivity index (χ3v) is 4.59. The molecule has 0 fully saturated rings. The molecule has 0 saturated heterocycles. The zero-order valence-electron chi connectivity index (χ0n) is 16.3. The van der Waals surface area contributed by atoms with Crippen LogP contribution in [0.2, 0.25) is 0 Å². The Balaban J connectivity index is 1.99. The Morgan fingerprint density at radius 3 is 2.61 bits per heavy atom. The lowest BCUT2D eigenvalue weighted by atomic mass is 10.0. The van der Waals surface area contributed by atoms with Crippen molar-refractivity contribution in [3.63, 3.8) is 0 Å². The summed E-state index contributed by atoms with van der Waals surface area (Å²) in [6.45, 7) is 4.52. The fourth-order valence-electron chi connectivity index (χ4n) is 3.09. The average Bonchev–Trinajstić information content (AvgIpc) is 2.72. The highest BCUT2D eigenvalue weighted by Crippen LogP contribution is 2.26. The number of benzene rings is 2. The predicted molar refractivity (Wildman–Crippen MR) is 110 cm³/mol. The lowest BCUT2D eigenvalue weighted by Crippen LogP contribution is -2.18. The summed E-state index contributed by atoms with van der Waals surface area (Å²) in [5.74, 6) is 0.148. The molecule has 0 aliphatic carbocycles. The van der Waals surface area contributed by atoms with Crippen LogP contribution >= 0.6 is 0 Å². The zero-order valence-corrected chi connectivity index (χ0v) is 16.3. The number of nitrogens with one attached hydrogen (secondary N) is 1. The number of pyridine rings is 1. The van der Waals surface area contributed by atoms with Gasteiger partial charge in [-0.25, -0.2) is 4.79 Å². The highest BCUT2D eigenvalue weighted by Gasteiger charge is 2.16. The van der Waals surface area contributed by atoms with Crippen molar-refractivity contribution in [2.75, 3.05) is 6.61 Å². The van der Waals surface area contributed by atoms with Gasteiger partial charge in [-0.15, -0.1) is 0 Å². The molecular weight excluding hydrogens is 354 g/mol. The third-order valence-electron chi connectivity index (χ3n) is 4.59. The summed E-state index contributed by atoms with van der Waals surface area (Å²) in [4.78, 5) is 27.9. The molecule has 0 amide bonds. The maximum absolute atomic E-state index is 12.8. The highest BCUT2D eigenvalue weighted by molar-refractivity contribution is 5.94. The molecule has 0 aliphatic heterocycles. The van der Waals surface area contributed by atoms with Crippen molar-refractivity contribution in [3.05, 3.63) is 75.6 Å². The highest BCUT2D eigenvalue weighted by atomic mass is 16.5. The number of H-pyrrole nitrogens is 1. The van der Waals surface area contributed by atoms with Crippen molar-refractivity contribution in [2.24, 2.45) is 0 Å². The molecule has 1 N–H and O–H groups in total. The molecule has 0 aliphatic rings. The first kappa shape index (κ1) is 19.7. The Bertz CT molecular complexity index is 1010. The summed E-state index contributed by atoms with van der Waals surface area (Å²) in [7, 11) is 0. The molecule has 0 radical (unpaired) electrons. The molecule has 3 aromatic rings. The van der Waals surface area contributed by atoms with Crippen molar-refractivity contribution in [1.29, 1.82) is 0 Å². The van der Waals surface area contributed by atoms with Gasteiger partial charge < -0.3 is 14.5 Å². The second-order valence-corrected chi connectivity index (χ2v) is 6.64. The van der Waals surface area contributed by atoms with Crippen molar-refractivity contribution < 1.29 is 14.3 Å². The van der Waals surface area contributed by atoms with E-state index < -0.39 is 5.97 Å². The Morgan fingerprint density at radius 1 is 1.11 bits per heavy atom. The number of aromatic nitrogens is 1. The van der Waals surface area contributed by atoms with Gasteiger partial charge in [0.1, 0.15) is 17.9 Å². The van der Waals surface area contributed by atoms with Gasteiger partial charge in [0.15, 0.2) is 0 Å². The Kier molecular flexibility index (Phi) is 6.48. The largest absolute Gasteiger partial charge is 0.489 e. The molecule has 1 heterocycles. The summed E-state index contributed by atoms with van der Waals surface area (Å²) in [6, 6.07) is 13.6. The molecule has 0 unspecified atom stereocenters. The van der Waals surface area contributed by atoms with Crippen LogP contribution < -0.4 is 10.2 Å². The monoisotopic (exact) mass is 379 g/mol. The fraction of sp³-hybridized carbons (Fsp3) is 0.304. The number of carbonyl (C=O) groups is 1. The van der Waals surface area contributed by atoms with Crippen LogP contribution in [-0.4, -0.2) is 17.6 Å². The van der Waals surface area contributed by atoms with Crippen LogP contribution in [0.25, 0.3) is 10.9 Å². The molecular formula is C23H25NO4. The normalized spacial score (nSPS) is 10.8. The fourth-order valence-corrected chi connectivity index (χ4v) is 3.09. The second kappa shape index (κ2) is 9.22. The van der Waals surface area contributed by atoms with E-state index >= 15 is 0 Å². The van der Waals surface area contributed by atoms with Gasteiger partial charge >= 0.3 is 5.97 Å². The van der Waals surface area contributed by atoms with Gasteiger partial charge in [-0.1, -0.05) is 43.7 Å². The van der Waals surface area contributed by atoms with E-state index in [9.17, 15) is 9.59 Å². The summed E-state index contributed by atoms with van der Waals surface area (Å²) < 4.78 is 11.1. The smallest absolute Gasteiger partial charge is 0.343 e. The summed E-state index contributed by atoms with van der Waals surface area (Å²) >= 11 is 0. The van der Waals surface area contributed by atoms with Crippen LogP contribution in [0.1, 0.15) is 48.2 Å². The van der Waals surface area contributed by atoms with Crippen LogP contribution in [-0.2, 0) is 17.8 Å². The molecule has 5 heteroatoms. The summed E-state index contributed by atoms with van der Waals surface area (Å²) in [5, 5.41) is 0.476. The van der Waals surface area contributed by atoms with E-state index in [0.29, 0.717) is 17.5 Å². The first-order valence-electron chi connectivity index (χ1n) is 9.66. The Hall–Kier alpha value is -3.08. The van der Waals surface area contributed by atoms with Crippen LogP contribution in [0.15, 0.2) is 53.5 Å². The van der Waals surface area contributed by atoms with Crippen LogP contribution in [0.5, 0.6) is 5.75 Å². The predicted octanol–water partition coefficient (Wildman–Crippen LogP) is 4.63. The molecule has 146 valence electrons. The van der Waals surface area contributed by atoms with Gasteiger partial charge in [0.05, 0.1) is 12.1 Å². The van der Waals surface area contributed by atoms with E-state index in [2.05, 4.69) is 11.9 Å². The average molecular weight is 379 g/mol. The van der Waals surface area contributed by atoms with Crippen LogP contribution in [0, 0.1) is 0 Å². The lowest BCUT2D eigenvalue weighted by molar-refractivity contribution is 0.0524. The number of aromatic amines is 1. The maximum Gasteiger partial charge on any atom is 0.343 e. The van der Waals surface area contributed by atoms with Crippen LogP contribution in [0.4, 0.5) is 0 Å². The molecule has 3 rings (SSSR count). The number of esters is 1. The standard InChI is InChI=1S/C23H25NO4/c1-3-5-11-17-12-18-20(24-14-19(22(18)25)23(26)27-4-2)13-21(17)28-15-16-9-7-6-8-10-16/h6-10,12-14H,3-5,11,15H2,1-2H3,(H,24,25). The molecule has 1 aromatic heterocycles. The number of fused-ring (bicyclic) bond motifs is 1. The van der Waals surface area contributed by atoms with Gasteiger partial charge in [-0.3, -0.25) is 4.79 Å². The zero-order chi connectivity index (χ0) is 19.9. The van der Waals surface area contributed by atoms with Gasteiger partial charge in [-0.2, -0.15) is 0 Å². The van der Waals surface area contributed by atoms with Gasteiger partial charge in [0, 0.05) is 17.6 Å². The molecule has 0 saturated carbocycles. The number of aryl methyl sites for hydroxylation is 1. The molecule has 2 aromatic carbocycles. The Morgan fingerprint density at radius 2 is 1.89 bits per heavy atom. The second-order valence-electron chi connectivity index (χ2n) is 6.64. The minimum Gasteiger partial charge on any atom is -0.489 e. The van der Waals surface area contributed by atoms with E-state index in [0.717, 1.165) is 36.1 Å². The Labute approximate surface area is 164 Å². The topological polar surface area (TPSA) is 68.4 Å². The lowest BCUT2D eigenvalue weighted by Gasteiger charge is -2.13. The van der Waals surface area contributed by atoms with Crippen molar-refractivity contribution in [3.8, 4) is 5.75 Å². The van der Waals surface area contributed by atoms with Gasteiger partial charge in [0.2, 0.25) is 5.43 Å². The molecule has 0 spiro atoms. The van der Waals surface area contributed by atoms with E-state index in [1.54, 1.807) is 6.92 Å². The maximum atomic E-state index is 12.8. The first-order valence-corrected chi connectivity index (χ1v) is 9.66. The minimum atomic E-state index is -0.606. The van der Waals surface area contributed by atoms with E-state index in [1.165, 1.54) is 6.20 Å². The molecule has 0 bridgehead atoms. The number of hydrogen-bond donors (Lipinski definition) is 1. The van der Waals surface area contributed by atoms with Crippen molar-refractivity contribution in [1.82, 2.24) is 4.98 Å². The number of hydrogen-bond acceptors (Lipinski definition) is 4. The molecule has 0 atom stereocenters. The van der Waals surface area contributed by atoms with Crippen molar-refractivity contribution >= 4 is 16.9 Å². The van der Waals surface area contributed by atoms with Crippen LogP contribution in [0.3, 0.4) is 0 Å². The van der Waals surface area contributed by atoms with Gasteiger partial charge in [0.25, 0.3) is 0 Å². The SMILES string of the molecule is CCCCc1cc2c(=O)c(C(=O)OCC)c[nH]c2cc1OCc1ccccc1. The number of unbranched alkanes of at least 4 members (excludes halogenated alkanes) is 1. The summed E-state index contributed by atoms with van der Waals surface area (Å²) in [6.07, 6.45) is 4.24. The number of carbonyl (C=O) groups excluding carboxylic acids is 1. The van der Waals surface area contributed by atoms with E-state index in [-0.39, 0.29) is 17.6 Å². The number of rotatable bonds is 8. The first-order chi connectivity index (χ1) is 13.6. The third kappa shape index (κ3) is 4.42. The minimum absolute atomic E-state index is 0.0220. The van der Waals surface area contributed by atoms with E-state index in [1.807, 2.05) is 42.5 Å². The van der Waals surface area contributed by atoms with E-state index in [4.69, 9.17) is 9.47 Å². The summed E-state index contributed by atoms with van der Waals surface area (Å²) in [5.41, 5.74) is 2.39. The van der Waals surface area contributed by atoms with Gasteiger partial charge in [-0.05, 0) is 37.0 Å². The quantitative estimate of drug-likeness (QED) is 0.580.